The number of aryl methyl sites for hydroxylation is 2. The van der Waals surface area contributed by atoms with E-state index in [4.69, 9.17) is 0 Å². The molecule has 1 amide bonds. The molecular weight excluding hydrogens is 306 g/mol. The summed E-state index contributed by atoms with van der Waals surface area (Å²) in [7, 11) is 0. The fraction of sp³-hybridized carbons (Fsp3) is 0.278. The summed E-state index contributed by atoms with van der Waals surface area (Å²) in [6.07, 6.45) is 2.04. The predicted octanol–water partition coefficient (Wildman–Crippen LogP) is 4.04. The summed E-state index contributed by atoms with van der Waals surface area (Å²) in [6.45, 7) is 3.96. The Balaban J connectivity index is 1.82. The number of nitro groups is 1. The highest BCUT2D eigenvalue weighted by Crippen LogP contribution is 2.31. The number of hydrogen-bond donors (Lipinski definition) is 2. The van der Waals surface area contributed by atoms with Gasteiger partial charge in [-0.2, -0.15) is 0 Å². The Morgan fingerprint density at radius 2 is 1.88 bits per heavy atom. The van der Waals surface area contributed by atoms with Crippen LogP contribution in [0.5, 0.6) is 0 Å². The van der Waals surface area contributed by atoms with Gasteiger partial charge in [-0.25, -0.2) is 0 Å². The highest BCUT2D eigenvalue weighted by atomic mass is 16.6. The fourth-order valence-corrected chi connectivity index (χ4v) is 2.42. The number of anilines is 2. The van der Waals surface area contributed by atoms with E-state index in [1.54, 1.807) is 12.1 Å². The van der Waals surface area contributed by atoms with E-state index in [-0.39, 0.29) is 17.2 Å². The Morgan fingerprint density at radius 1 is 1.12 bits per heavy atom. The maximum atomic E-state index is 12.4. The molecule has 124 valence electrons. The third-order valence-electron chi connectivity index (χ3n) is 4.16. The van der Waals surface area contributed by atoms with E-state index >= 15 is 0 Å². The van der Waals surface area contributed by atoms with Crippen LogP contribution in [0.3, 0.4) is 0 Å². The lowest BCUT2D eigenvalue weighted by atomic mass is 10.1. The van der Waals surface area contributed by atoms with Crippen LogP contribution in [0.1, 0.15) is 34.3 Å². The molecule has 1 saturated carbocycles. The van der Waals surface area contributed by atoms with Crippen LogP contribution in [0.4, 0.5) is 17.1 Å². The first kappa shape index (κ1) is 16.0. The van der Waals surface area contributed by atoms with Crippen molar-refractivity contribution in [1.82, 2.24) is 0 Å². The average Bonchev–Trinajstić information content (AvgIpc) is 3.35. The first-order valence-electron chi connectivity index (χ1n) is 7.87. The minimum absolute atomic E-state index is 0.0744. The van der Waals surface area contributed by atoms with Gasteiger partial charge in [0.05, 0.1) is 4.92 Å². The van der Waals surface area contributed by atoms with E-state index in [0.717, 1.165) is 24.0 Å². The molecule has 0 aromatic heterocycles. The lowest BCUT2D eigenvalue weighted by molar-refractivity contribution is -0.384. The van der Waals surface area contributed by atoms with Crippen molar-refractivity contribution in [2.75, 3.05) is 10.6 Å². The fourth-order valence-electron chi connectivity index (χ4n) is 2.42. The molecule has 0 radical (unpaired) electrons. The lowest BCUT2D eigenvalue weighted by Crippen LogP contribution is -2.13. The Labute approximate surface area is 140 Å². The number of carbonyl (C=O) groups excluding carboxylic acids is 1. The van der Waals surface area contributed by atoms with Crippen LogP contribution in [0.2, 0.25) is 0 Å². The molecule has 1 fully saturated rings. The first-order valence-corrected chi connectivity index (χ1v) is 7.87. The standard InChI is InChI=1S/C18H19N3O3/c1-11-3-5-15(9-12(11)2)20-18(22)13-4-8-16(19-14-6-7-14)17(10-13)21(23)24/h3-5,8-10,14,19H,6-7H2,1-2H3,(H,20,22). The highest BCUT2D eigenvalue weighted by Gasteiger charge is 2.25. The monoisotopic (exact) mass is 325 g/mol. The molecule has 0 heterocycles. The molecule has 2 aromatic carbocycles. The van der Waals surface area contributed by atoms with Crippen LogP contribution in [-0.4, -0.2) is 16.9 Å². The number of benzene rings is 2. The Kier molecular flexibility index (Phi) is 4.20. The molecule has 2 aromatic rings. The second kappa shape index (κ2) is 6.31. The van der Waals surface area contributed by atoms with E-state index in [9.17, 15) is 14.9 Å². The molecule has 0 spiro atoms. The van der Waals surface area contributed by atoms with E-state index in [1.165, 1.54) is 6.07 Å². The number of nitrogens with one attached hydrogen (secondary N) is 2. The third kappa shape index (κ3) is 3.53. The maximum absolute atomic E-state index is 12.4. The average molecular weight is 325 g/mol. The molecule has 0 aliphatic heterocycles. The van der Waals surface area contributed by atoms with Gasteiger partial charge in [-0.1, -0.05) is 6.07 Å². The van der Waals surface area contributed by atoms with Gasteiger partial charge < -0.3 is 10.6 Å². The SMILES string of the molecule is Cc1ccc(NC(=O)c2ccc(NC3CC3)c([N+](=O)[O-])c2)cc1C. The number of nitro benzene ring substituents is 1. The predicted molar refractivity (Wildman–Crippen MR) is 93.6 cm³/mol. The van der Waals surface area contributed by atoms with E-state index in [1.807, 2.05) is 32.0 Å². The Hall–Kier alpha value is -2.89. The molecule has 6 nitrogen and oxygen atoms in total. The van der Waals surface area contributed by atoms with Gasteiger partial charge in [0.1, 0.15) is 5.69 Å². The summed E-state index contributed by atoms with van der Waals surface area (Å²) >= 11 is 0. The highest BCUT2D eigenvalue weighted by molar-refractivity contribution is 6.05. The van der Waals surface area contributed by atoms with Crippen molar-refractivity contribution < 1.29 is 9.72 Å². The number of rotatable bonds is 5. The van der Waals surface area contributed by atoms with Crippen LogP contribution < -0.4 is 10.6 Å². The van der Waals surface area contributed by atoms with Crippen molar-refractivity contribution >= 4 is 23.0 Å². The number of amides is 1. The van der Waals surface area contributed by atoms with Crippen LogP contribution >= 0.6 is 0 Å². The van der Waals surface area contributed by atoms with Crippen molar-refractivity contribution in [3.8, 4) is 0 Å². The molecule has 1 aliphatic rings. The minimum atomic E-state index is -0.461. The molecule has 0 bridgehead atoms. The summed E-state index contributed by atoms with van der Waals surface area (Å²) < 4.78 is 0. The van der Waals surface area contributed by atoms with E-state index in [0.29, 0.717) is 17.4 Å². The summed E-state index contributed by atoms with van der Waals surface area (Å²) in [5.74, 6) is -0.362. The zero-order valence-corrected chi connectivity index (χ0v) is 13.6. The van der Waals surface area contributed by atoms with Gasteiger partial charge in [-0.3, -0.25) is 14.9 Å². The largest absolute Gasteiger partial charge is 0.377 e. The topological polar surface area (TPSA) is 84.3 Å². The molecule has 3 rings (SSSR count). The molecule has 24 heavy (non-hydrogen) atoms. The summed E-state index contributed by atoms with van der Waals surface area (Å²) in [6, 6.07) is 10.5. The van der Waals surface area contributed by atoms with Gasteiger partial charge in [0.2, 0.25) is 0 Å². The maximum Gasteiger partial charge on any atom is 0.293 e. The van der Waals surface area contributed by atoms with Gasteiger partial charge >= 0.3 is 0 Å². The van der Waals surface area contributed by atoms with Crippen LogP contribution in [-0.2, 0) is 0 Å². The van der Waals surface area contributed by atoms with Gasteiger partial charge in [0.15, 0.2) is 0 Å². The molecule has 1 aliphatic carbocycles. The minimum Gasteiger partial charge on any atom is -0.377 e. The first-order chi connectivity index (χ1) is 11.4. The quantitative estimate of drug-likeness (QED) is 0.642. The van der Waals surface area contributed by atoms with Gasteiger partial charge in [0.25, 0.3) is 11.6 Å². The Bertz CT molecular complexity index is 813. The van der Waals surface area contributed by atoms with Crippen molar-refractivity contribution in [3.63, 3.8) is 0 Å². The molecule has 0 unspecified atom stereocenters. The molecule has 0 saturated heterocycles. The number of carbonyl (C=O) groups is 1. The molecule has 2 N–H and O–H groups in total. The lowest BCUT2D eigenvalue weighted by Gasteiger charge is -2.10. The molecule has 0 atom stereocenters. The van der Waals surface area contributed by atoms with Gasteiger partial charge in [-0.15, -0.1) is 0 Å². The summed E-state index contributed by atoms with van der Waals surface area (Å²) in [4.78, 5) is 23.2. The van der Waals surface area contributed by atoms with Crippen molar-refractivity contribution in [2.45, 2.75) is 32.7 Å². The Morgan fingerprint density at radius 3 is 2.50 bits per heavy atom. The normalized spacial score (nSPS) is 13.4. The summed E-state index contributed by atoms with van der Waals surface area (Å²) in [5.41, 5.74) is 3.54. The summed E-state index contributed by atoms with van der Waals surface area (Å²) in [5, 5.41) is 17.2. The van der Waals surface area contributed by atoms with Crippen LogP contribution in [0.25, 0.3) is 0 Å². The smallest absolute Gasteiger partial charge is 0.293 e. The van der Waals surface area contributed by atoms with Crippen molar-refractivity contribution in [2.24, 2.45) is 0 Å². The molecular formula is C18H19N3O3. The van der Waals surface area contributed by atoms with E-state index < -0.39 is 4.92 Å². The molecule has 6 heteroatoms. The van der Waals surface area contributed by atoms with Crippen molar-refractivity contribution in [1.29, 1.82) is 0 Å². The zero-order chi connectivity index (χ0) is 17.3. The number of hydrogen-bond acceptors (Lipinski definition) is 4. The van der Waals surface area contributed by atoms with Crippen molar-refractivity contribution in [3.05, 3.63) is 63.2 Å². The zero-order valence-electron chi connectivity index (χ0n) is 13.6. The second-order valence-electron chi connectivity index (χ2n) is 6.16. The second-order valence-corrected chi connectivity index (χ2v) is 6.16. The van der Waals surface area contributed by atoms with E-state index in [2.05, 4.69) is 10.6 Å². The van der Waals surface area contributed by atoms with Gasteiger partial charge in [-0.05, 0) is 62.1 Å². The van der Waals surface area contributed by atoms with Crippen LogP contribution in [0, 0.1) is 24.0 Å². The van der Waals surface area contributed by atoms with Crippen LogP contribution in [0.15, 0.2) is 36.4 Å². The third-order valence-corrected chi connectivity index (χ3v) is 4.16. The number of nitrogens with zero attached hydrogens (tertiary/aromatic N) is 1. The van der Waals surface area contributed by atoms with Gasteiger partial charge in [0, 0.05) is 23.4 Å².